The molecular formula is C41H65O9P. The average molecular weight is 733 g/mol. The van der Waals surface area contributed by atoms with Gasteiger partial charge in [0.2, 0.25) is 0 Å². The van der Waals surface area contributed by atoms with Crippen molar-refractivity contribution >= 4 is 19.8 Å². The average Bonchev–Trinajstić information content (AvgIpc) is 3.09. The third kappa shape index (κ3) is 38.0. The fourth-order valence-electron chi connectivity index (χ4n) is 4.45. The molecule has 0 heterocycles. The summed E-state index contributed by atoms with van der Waals surface area (Å²) < 4.78 is 26.2. The van der Waals surface area contributed by atoms with Crippen molar-refractivity contribution < 1.29 is 43.0 Å². The van der Waals surface area contributed by atoms with Crippen molar-refractivity contribution in [3.05, 3.63) is 97.2 Å². The Morgan fingerprint density at radius 1 is 0.608 bits per heavy atom. The number of ether oxygens (including phenoxy) is 2. The number of phosphoric ester groups is 1. The number of aliphatic hydroxyl groups is 1. The zero-order chi connectivity index (χ0) is 37.7. The molecule has 1 unspecified atom stereocenters. The van der Waals surface area contributed by atoms with Crippen LogP contribution in [0.15, 0.2) is 97.2 Å². The first-order valence-electron chi connectivity index (χ1n) is 18.6. The van der Waals surface area contributed by atoms with E-state index in [1.54, 1.807) is 6.08 Å². The first-order valence-corrected chi connectivity index (χ1v) is 20.2. The van der Waals surface area contributed by atoms with Crippen molar-refractivity contribution in [1.82, 2.24) is 0 Å². The Morgan fingerprint density at radius 2 is 1.14 bits per heavy atom. The van der Waals surface area contributed by atoms with Crippen LogP contribution < -0.4 is 0 Å². The zero-order valence-electron chi connectivity index (χ0n) is 31.1. The predicted octanol–water partition coefficient (Wildman–Crippen LogP) is 10.0. The molecule has 0 aliphatic heterocycles. The molecule has 10 heteroatoms. The number of phosphoric acid groups is 1. The molecule has 0 fully saturated rings. The molecule has 0 aliphatic rings. The molecule has 0 rings (SSSR count). The zero-order valence-corrected chi connectivity index (χ0v) is 32.0. The van der Waals surface area contributed by atoms with Crippen LogP contribution in [0.2, 0.25) is 0 Å². The quantitative estimate of drug-likeness (QED) is 0.0203. The summed E-state index contributed by atoms with van der Waals surface area (Å²) in [6.45, 7) is 3.29. The molecule has 51 heavy (non-hydrogen) atoms. The lowest BCUT2D eigenvalue weighted by Gasteiger charge is -2.18. The third-order valence-electron chi connectivity index (χ3n) is 7.18. The number of rotatable bonds is 32. The molecule has 0 aromatic heterocycles. The molecule has 2 atom stereocenters. The minimum absolute atomic E-state index is 0.0915. The topological polar surface area (TPSA) is 140 Å². The van der Waals surface area contributed by atoms with Crippen LogP contribution in [-0.2, 0) is 28.2 Å². The van der Waals surface area contributed by atoms with Gasteiger partial charge in [0, 0.05) is 12.8 Å². The highest BCUT2D eigenvalue weighted by Gasteiger charge is 2.22. The predicted molar refractivity (Wildman–Crippen MR) is 208 cm³/mol. The summed E-state index contributed by atoms with van der Waals surface area (Å²) in [5.41, 5.74) is 0. The summed E-state index contributed by atoms with van der Waals surface area (Å²) in [4.78, 5) is 42.7. The SMILES string of the molecule is CC/C=C\C/C=C\C/C=C\CCCCCCCC(=O)OC[C@H](COP(=O)(O)O)OC(=O)CCC/C=C\C/C=C\C=C\C(O)C/C=C\C/C=C\CC. The Hall–Kier alpha value is -3.07. The van der Waals surface area contributed by atoms with E-state index >= 15 is 0 Å². The van der Waals surface area contributed by atoms with E-state index in [-0.39, 0.29) is 19.4 Å². The van der Waals surface area contributed by atoms with Crippen molar-refractivity contribution in [3.8, 4) is 0 Å². The van der Waals surface area contributed by atoms with Gasteiger partial charge in [-0.3, -0.25) is 14.1 Å². The van der Waals surface area contributed by atoms with Gasteiger partial charge >= 0.3 is 19.8 Å². The second kappa shape index (κ2) is 35.3. The van der Waals surface area contributed by atoms with Crippen molar-refractivity contribution in [1.29, 1.82) is 0 Å². The maximum Gasteiger partial charge on any atom is 0.469 e. The number of hydrogen-bond donors (Lipinski definition) is 3. The largest absolute Gasteiger partial charge is 0.469 e. The van der Waals surface area contributed by atoms with Gasteiger partial charge in [0.1, 0.15) is 6.61 Å². The molecule has 0 aromatic carbocycles. The molecule has 0 amide bonds. The van der Waals surface area contributed by atoms with Gasteiger partial charge in [0.25, 0.3) is 0 Å². The lowest BCUT2D eigenvalue weighted by molar-refractivity contribution is -0.161. The van der Waals surface area contributed by atoms with Gasteiger partial charge in [0.15, 0.2) is 6.10 Å². The Morgan fingerprint density at radius 3 is 1.78 bits per heavy atom. The second-order valence-electron chi connectivity index (χ2n) is 12.0. The van der Waals surface area contributed by atoms with Gasteiger partial charge in [-0.15, -0.1) is 0 Å². The van der Waals surface area contributed by atoms with Crippen LogP contribution in [0.3, 0.4) is 0 Å². The lowest BCUT2D eigenvalue weighted by Crippen LogP contribution is -2.29. The highest BCUT2D eigenvalue weighted by Crippen LogP contribution is 2.35. The summed E-state index contributed by atoms with van der Waals surface area (Å²) >= 11 is 0. The maximum atomic E-state index is 12.3. The van der Waals surface area contributed by atoms with Crippen molar-refractivity contribution in [2.45, 2.75) is 135 Å². The first-order chi connectivity index (χ1) is 24.7. The van der Waals surface area contributed by atoms with E-state index in [2.05, 4.69) is 67.0 Å². The molecule has 0 bridgehead atoms. The monoisotopic (exact) mass is 732 g/mol. The van der Waals surface area contributed by atoms with E-state index < -0.39 is 38.6 Å². The Balaban J connectivity index is 4.21. The second-order valence-corrected chi connectivity index (χ2v) is 13.2. The summed E-state index contributed by atoms with van der Waals surface area (Å²) in [5, 5.41) is 9.97. The summed E-state index contributed by atoms with van der Waals surface area (Å²) in [5.74, 6) is -1.02. The fourth-order valence-corrected chi connectivity index (χ4v) is 4.81. The maximum absolute atomic E-state index is 12.3. The molecule has 0 radical (unpaired) electrons. The van der Waals surface area contributed by atoms with Crippen molar-refractivity contribution in [3.63, 3.8) is 0 Å². The van der Waals surface area contributed by atoms with Crippen LogP contribution in [0, 0.1) is 0 Å². The number of unbranched alkanes of at least 4 members (excludes halogenated alkanes) is 6. The first kappa shape index (κ1) is 47.9. The molecule has 3 N–H and O–H groups in total. The van der Waals surface area contributed by atoms with Crippen LogP contribution in [0.1, 0.15) is 123 Å². The standard InChI is InChI=1S/C41H65O9P/c1-3-5-7-9-11-12-13-14-15-16-17-18-22-26-30-34-40(43)48-36-39(37-49-51(45,46)47)50-41(44)35-31-27-23-20-19-21-25-29-33-38(42)32-28-24-10-8-6-4-2/h5-8,11-12,14-15,20-21,23-25,28-29,33,38-39,42H,3-4,9-10,13,16-19,22,26-27,30-32,34-37H2,1-2H3,(H2,45,46,47)/b7-5-,8-6-,12-11-,15-14-,23-20-,25-21-,28-24-,33-29+/t38?,39-/m1/s1. The molecule has 0 saturated heterocycles. The van der Waals surface area contributed by atoms with Crippen LogP contribution in [-0.4, -0.2) is 52.3 Å². The Bertz CT molecular complexity index is 1160. The number of hydrogen-bond acceptors (Lipinski definition) is 7. The van der Waals surface area contributed by atoms with Gasteiger partial charge in [-0.1, -0.05) is 130 Å². The fraction of sp³-hybridized carbons (Fsp3) is 0.561. The Kier molecular flexibility index (Phi) is 33.2. The highest BCUT2D eigenvalue weighted by atomic mass is 31.2. The lowest BCUT2D eigenvalue weighted by atomic mass is 10.1. The van der Waals surface area contributed by atoms with Crippen LogP contribution in [0.25, 0.3) is 0 Å². The molecule has 288 valence electrons. The summed E-state index contributed by atoms with van der Waals surface area (Å²) in [6.07, 6.45) is 44.5. The summed E-state index contributed by atoms with van der Waals surface area (Å²) in [7, 11) is -4.79. The van der Waals surface area contributed by atoms with Crippen molar-refractivity contribution in [2.24, 2.45) is 0 Å². The molecule has 0 saturated carbocycles. The number of esters is 2. The van der Waals surface area contributed by atoms with Crippen LogP contribution in [0.5, 0.6) is 0 Å². The molecular weight excluding hydrogens is 667 g/mol. The number of carbonyl (C=O) groups excluding carboxylic acids is 2. The molecule has 9 nitrogen and oxygen atoms in total. The third-order valence-corrected chi connectivity index (χ3v) is 7.66. The van der Waals surface area contributed by atoms with E-state index in [1.807, 2.05) is 42.5 Å². The minimum Gasteiger partial charge on any atom is -0.462 e. The summed E-state index contributed by atoms with van der Waals surface area (Å²) in [6, 6.07) is 0. The molecule has 0 spiro atoms. The van der Waals surface area contributed by atoms with Gasteiger partial charge in [-0.2, -0.15) is 0 Å². The Labute approximate surface area is 307 Å². The van der Waals surface area contributed by atoms with E-state index in [0.717, 1.165) is 64.2 Å². The normalized spacial score (nSPS) is 14.2. The highest BCUT2D eigenvalue weighted by molar-refractivity contribution is 7.46. The van der Waals surface area contributed by atoms with Crippen LogP contribution in [0.4, 0.5) is 0 Å². The van der Waals surface area contributed by atoms with Gasteiger partial charge in [-0.05, 0) is 77.0 Å². The van der Waals surface area contributed by atoms with E-state index in [9.17, 15) is 19.3 Å². The smallest absolute Gasteiger partial charge is 0.462 e. The number of allylic oxidation sites excluding steroid dienone is 14. The number of aliphatic hydroxyl groups excluding tert-OH is 1. The molecule has 0 aromatic rings. The van der Waals surface area contributed by atoms with E-state index in [4.69, 9.17) is 19.3 Å². The van der Waals surface area contributed by atoms with Crippen molar-refractivity contribution in [2.75, 3.05) is 13.2 Å². The number of carbonyl (C=O) groups is 2. The van der Waals surface area contributed by atoms with E-state index in [0.29, 0.717) is 32.1 Å². The minimum atomic E-state index is -4.79. The van der Waals surface area contributed by atoms with Gasteiger partial charge in [-0.25, -0.2) is 4.57 Å². The van der Waals surface area contributed by atoms with Gasteiger partial charge < -0.3 is 24.4 Å². The molecule has 0 aliphatic carbocycles. The van der Waals surface area contributed by atoms with E-state index in [1.165, 1.54) is 0 Å². The van der Waals surface area contributed by atoms with Gasteiger partial charge in [0.05, 0.1) is 12.7 Å². The van der Waals surface area contributed by atoms with Crippen LogP contribution >= 0.6 is 7.82 Å².